The van der Waals surface area contributed by atoms with E-state index in [1.165, 1.54) is 6.92 Å². The molecule has 98 valence electrons. The van der Waals surface area contributed by atoms with Crippen molar-refractivity contribution in [3.05, 3.63) is 31.5 Å². The number of aromatic amines is 2. The third kappa shape index (κ3) is 3.48. The quantitative estimate of drug-likeness (QED) is 0.303. The Labute approximate surface area is 105 Å². The largest absolute Gasteiger partial charge is 0.511 e. The predicted octanol–water partition coefficient (Wildman–Crippen LogP) is -0.0971. The zero-order valence-corrected chi connectivity index (χ0v) is 10.5. The van der Waals surface area contributed by atoms with E-state index >= 15 is 0 Å². The molecule has 0 atom stereocenters. The standard InChI is InChI=1S/C9H11N3O5S/c1-3-17-8(15)5(4(2)13)18-7-6(14)10-9(16)12-11-7/h13H,3H2,1-2H3,(H2,10,12,14,16). The van der Waals surface area contributed by atoms with Gasteiger partial charge in [-0.25, -0.2) is 14.7 Å². The number of aliphatic hydroxyl groups excluding tert-OH is 1. The number of esters is 1. The first-order chi connectivity index (χ1) is 8.45. The molecule has 9 heteroatoms. The monoisotopic (exact) mass is 273 g/mol. The van der Waals surface area contributed by atoms with E-state index in [0.29, 0.717) is 11.8 Å². The van der Waals surface area contributed by atoms with Gasteiger partial charge < -0.3 is 9.84 Å². The van der Waals surface area contributed by atoms with Crippen LogP contribution >= 0.6 is 11.8 Å². The zero-order valence-electron chi connectivity index (χ0n) is 9.64. The maximum Gasteiger partial charge on any atom is 0.348 e. The molecule has 0 saturated heterocycles. The van der Waals surface area contributed by atoms with Gasteiger partial charge in [0, 0.05) is 0 Å². The number of nitrogens with zero attached hydrogens (tertiary/aromatic N) is 1. The zero-order chi connectivity index (χ0) is 13.7. The van der Waals surface area contributed by atoms with Crippen LogP contribution in [-0.4, -0.2) is 32.9 Å². The van der Waals surface area contributed by atoms with Crippen LogP contribution in [0.2, 0.25) is 0 Å². The molecule has 0 spiro atoms. The van der Waals surface area contributed by atoms with Crippen LogP contribution in [0.4, 0.5) is 0 Å². The molecule has 0 fully saturated rings. The fourth-order valence-electron chi connectivity index (χ4n) is 0.963. The van der Waals surface area contributed by atoms with E-state index in [9.17, 15) is 19.5 Å². The summed E-state index contributed by atoms with van der Waals surface area (Å²) in [4.78, 5) is 35.4. The molecule has 1 aromatic rings. The minimum absolute atomic E-state index is 0.131. The van der Waals surface area contributed by atoms with Gasteiger partial charge in [-0.2, -0.15) is 5.10 Å². The molecule has 0 saturated carbocycles. The normalized spacial score (nSPS) is 11.9. The molecule has 0 aliphatic rings. The molecule has 18 heavy (non-hydrogen) atoms. The van der Waals surface area contributed by atoms with E-state index in [1.807, 2.05) is 10.1 Å². The first kappa shape index (κ1) is 14.0. The predicted molar refractivity (Wildman–Crippen MR) is 63.3 cm³/mol. The van der Waals surface area contributed by atoms with Crippen molar-refractivity contribution in [3.8, 4) is 0 Å². The van der Waals surface area contributed by atoms with Crippen LogP contribution in [-0.2, 0) is 9.53 Å². The average Bonchev–Trinajstić information content (AvgIpc) is 2.27. The van der Waals surface area contributed by atoms with E-state index in [1.54, 1.807) is 6.92 Å². The Hall–Kier alpha value is -2.03. The molecule has 0 aliphatic carbocycles. The molecule has 0 aromatic carbocycles. The lowest BCUT2D eigenvalue weighted by Gasteiger charge is -2.05. The van der Waals surface area contributed by atoms with Gasteiger partial charge in [0.2, 0.25) is 0 Å². The SMILES string of the molecule is CCOC(=O)C(Sc1n[nH]c(=O)[nH]c1=O)=C(C)O. The van der Waals surface area contributed by atoms with Gasteiger partial charge in [-0.05, 0) is 13.8 Å². The number of allylic oxidation sites excluding steroid dienone is 1. The number of hydrogen-bond donors (Lipinski definition) is 3. The fraction of sp³-hybridized carbons (Fsp3) is 0.333. The molecule has 0 radical (unpaired) electrons. The molecule has 1 rings (SSSR count). The second kappa shape index (κ2) is 6.05. The number of ether oxygens (including phenoxy) is 1. The van der Waals surface area contributed by atoms with Crippen molar-refractivity contribution in [2.45, 2.75) is 18.9 Å². The topological polar surface area (TPSA) is 125 Å². The van der Waals surface area contributed by atoms with Crippen molar-refractivity contribution in [2.75, 3.05) is 6.61 Å². The molecular weight excluding hydrogens is 262 g/mol. The first-order valence-corrected chi connectivity index (χ1v) is 5.71. The van der Waals surface area contributed by atoms with Crippen molar-refractivity contribution < 1.29 is 14.6 Å². The lowest BCUT2D eigenvalue weighted by atomic mass is 10.5. The number of carbonyl (C=O) groups is 1. The molecule has 0 aliphatic heterocycles. The Morgan fingerprint density at radius 3 is 2.67 bits per heavy atom. The highest BCUT2D eigenvalue weighted by atomic mass is 32.2. The summed E-state index contributed by atoms with van der Waals surface area (Å²) >= 11 is 0.610. The molecule has 1 heterocycles. The number of hydrogen-bond acceptors (Lipinski definition) is 7. The van der Waals surface area contributed by atoms with Crippen LogP contribution < -0.4 is 11.2 Å². The summed E-state index contributed by atoms with van der Waals surface area (Å²) in [6.07, 6.45) is 0. The van der Waals surface area contributed by atoms with Gasteiger partial charge >= 0.3 is 11.7 Å². The van der Waals surface area contributed by atoms with Crippen molar-refractivity contribution >= 4 is 17.7 Å². The third-order valence-corrected chi connectivity index (χ3v) is 2.80. The third-order valence-electron chi connectivity index (χ3n) is 1.67. The highest BCUT2D eigenvalue weighted by Crippen LogP contribution is 2.24. The van der Waals surface area contributed by atoms with Crippen LogP contribution in [0, 0.1) is 0 Å². The van der Waals surface area contributed by atoms with E-state index in [2.05, 4.69) is 5.10 Å². The molecule has 1 aromatic heterocycles. The highest BCUT2D eigenvalue weighted by Gasteiger charge is 2.18. The Bertz CT molecular complexity index is 584. The van der Waals surface area contributed by atoms with Crippen LogP contribution in [0.15, 0.2) is 25.3 Å². The summed E-state index contributed by atoms with van der Waals surface area (Å²) in [5.41, 5.74) is -1.52. The maximum absolute atomic E-state index is 11.5. The van der Waals surface area contributed by atoms with Crippen LogP contribution in [0.25, 0.3) is 0 Å². The molecule has 0 unspecified atom stereocenters. The van der Waals surface area contributed by atoms with Gasteiger partial charge in [-0.15, -0.1) is 0 Å². The van der Waals surface area contributed by atoms with Gasteiger partial charge in [0.15, 0.2) is 5.03 Å². The summed E-state index contributed by atoms with van der Waals surface area (Å²) in [5, 5.41) is 14.7. The molecule has 8 nitrogen and oxygen atoms in total. The van der Waals surface area contributed by atoms with Crippen LogP contribution in [0.3, 0.4) is 0 Å². The molecule has 0 bridgehead atoms. The van der Waals surface area contributed by atoms with E-state index < -0.39 is 17.2 Å². The highest BCUT2D eigenvalue weighted by molar-refractivity contribution is 8.03. The van der Waals surface area contributed by atoms with E-state index in [0.717, 1.165) is 0 Å². The Morgan fingerprint density at radius 2 is 2.17 bits per heavy atom. The van der Waals surface area contributed by atoms with Gasteiger partial charge in [0.25, 0.3) is 5.56 Å². The summed E-state index contributed by atoms with van der Waals surface area (Å²) in [6, 6.07) is 0. The first-order valence-electron chi connectivity index (χ1n) is 4.89. The molecule has 3 N–H and O–H groups in total. The number of H-pyrrole nitrogens is 2. The minimum atomic E-state index is -0.769. The van der Waals surface area contributed by atoms with Crippen molar-refractivity contribution in [2.24, 2.45) is 0 Å². The fourth-order valence-corrected chi connectivity index (χ4v) is 1.68. The van der Waals surface area contributed by atoms with Gasteiger partial charge in [0.1, 0.15) is 10.7 Å². The number of rotatable bonds is 4. The smallest absolute Gasteiger partial charge is 0.348 e. The summed E-state index contributed by atoms with van der Waals surface area (Å²) in [7, 11) is 0. The number of carbonyl (C=O) groups excluding carboxylic acids is 1. The maximum atomic E-state index is 11.5. The van der Waals surface area contributed by atoms with Gasteiger partial charge in [-0.3, -0.25) is 9.78 Å². The van der Waals surface area contributed by atoms with Crippen molar-refractivity contribution in [1.29, 1.82) is 0 Å². The van der Waals surface area contributed by atoms with E-state index in [4.69, 9.17) is 4.74 Å². The number of aromatic nitrogens is 3. The Morgan fingerprint density at radius 1 is 1.50 bits per heavy atom. The lowest BCUT2D eigenvalue weighted by molar-refractivity contribution is -0.137. The Kier molecular flexibility index (Phi) is 4.72. The van der Waals surface area contributed by atoms with Gasteiger partial charge in [-0.1, -0.05) is 11.8 Å². The summed E-state index contributed by atoms with van der Waals surface area (Å²) in [6.45, 7) is 3.02. The van der Waals surface area contributed by atoms with E-state index in [-0.39, 0.29) is 22.3 Å². The summed E-state index contributed by atoms with van der Waals surface area (Å²) < 4.78 is 4.71. The molecule has 0 amide bonds. The average molecular weight is 273 g/mol. The van der Waals surface area contributed by atoms with Crippen molar-refractivity contribution in [3.63, 3.8) is 0 Å². The van der Waals surface area contributed by atoms with Crippen molar-refractivity contribution in [1.82, 2.24) is 15.2 Å². The Balaban J connectivity index is 3.06. The van der Waals surface area contributed by atoms with Crippen LogP contribution in [0.5, 0.6) is 0 Å². The minimum Gasteiger partial charge on any atom is -0.511 e. The van der Waals surface area contributed by atoms with Gasteiger partial charge in [0.05, 0.1) is 6.61 Å². The summed E-state index contributed by atoms with van der Waals surface area (Å²) in [5.74, 6) is -1.07. The molecular formula is C9H11N3O5S. The second-order valence-corrected chi connectivity index (χ2v) is 4.05. The number of nitrogens with one attached hydrogen (secondary N) is 2. The van der Waals surface area contributed by atoms with Crippen LogP contribution in [0.1, 0.15) is 13.8 Å². The number of aliphatic hydroxyl groups is 1. The second-order valence-electron chi connectivity index (χ2n) is 3.05. The number of thioether (sulfide) groups is 1. The lowest BCUT2D eigenvalue weighted by Crippen LogP contribution is -2.25.